The Hall–Kier alpha value is -1.03. The fraction of sp³-hybridized carbons (Fsp3) is 0.600. The molecule has 1 rings (SSSR count). The maximum Gasteiger partial charge on any atom is 0.389 e. The molecule has 1 atom stereocenters. The van der Waals surface area contributed by atoms with E-state index in [2.05, 4.69) is 19.2 Å². The van der Waals surface area contributed by atoms with Crippen molar-refractivity contribution in [3.63, 3.8) is 0 Å². The summed E-state index contributed by atoms with van der Waals surface area (Å²) < 4.78 is 36.3. The van der Waals surface area contributed by atoms with E-state index in [0.29, 0.717) is 12.5 Å². The summed E-state index contributed by atoms with van der Waals surface area (Å²) in [5, 5.41) is 3.24. The smallest absolute Gasteiger partial charge is 0.310 e. The van der Waals surface area contributed by atoms with Crippen molar-refractivity contribution < 1.29 is 13.2 Å². The minimum absolute atomic E-state index is 0.130. The molecule has 0 heterocycles. The second-order valence-corrected chi connectivity index (χ2v) is 5.27. The van der Waals surface area contributed by atoms with Crippen molar-refractivity contribution in [2.75, 3.05) is 6.54 Å². The summed E-state index contributed by atoms with van der Waals surface area (Å²) in [7, 11) is 0. The van der Waals surface area contributed by atoms with Gasteiger partial charge in [0.1, 0.15) is 0 Å². The molecule has 1 unspecified atom stereocenters. The fourth-order valence-electron chi connectivity index (χ4n) is 2.06. The van der Waals surface area contributed by atoms with Crippen LogP contribution in [0.5, 0.6) is 0 Å². The van der Waals surface area contributed by atoms with Crippen LogP contribution in [0.3, 0.4) is 0 Å². The Morgan fingerprint density at radius 2 is 1.74 bits per heavy atom. The SMILES string of the molecule is CC(C)CC(NCCCC(F)(F)F)c1ccccc1. The van der Waals surface area contributed by atoms with Gasteiger partial charge in [0.2, 0.25) is 0 Å². The molecule has 0 aliphatic heterocycles. The minimum Gasteiger partial charge on any atom is -0.310 e. The lowest BCUT2D eigenvalue weighted by atomic mass is 9.97. The lowest BCUT2D eigenvalue weighted by Gasteiger charge is -2.21. The van der Waals surface area contributed by atoms with Gasteiger partial charge >= 0.3 is 6.18 Å². The van der Waals surface area contributed by atoms with Crippen molar-refractivity contribution in [2.24, 2.45) is 5.92 Å². The van der Waals surface area contributed by atoms with Crippen LogP contribution in [0, 0.1) is 5.92 Å². The second-order valence-electron chi connectivity index (χ2n) is 5.27. The van der Waals surface area contributed by atoms with Crippen LogP contribution >= 0.6 is 0 Å². The summed E-state index contributed by atoms with van der Waals surface area (Å²) in [6.45, 7) is 4.63. The maximum atomic E-state index is 12.1. The molecule has 0 amide bonds. The van der Waals surface area contributed by atoms with E-state index in [1.165, 1.54) is 0 Å². The van der Waals surface area contributed by atoms with Crippen LogP contribution in [-0.4, -0.2) is 12.7 Å². The van der Waals surface area contributed by atoms with Gasteiger partial charge < -0.3 is 5.32 Å². The molecule has 0 fully saturated rings. The molecule has 0 spiro atoms. The summed E-state index contributed by atoms with van der Waals surface area (Å²) in [4.78, 5) is 0. The van der Waals surface area contributed by atoms with Crippen molar-refractivity contribution in [3.8, 4) is 0 Å². The van der Waals surface area contributed by atoms with Crippen molar-refractivity contribution in [1.82, 2.24) is 5.32 Å². The van der Waals surface area contributed by atoms with E-state index in [-0.39, 0.29) is 12.5 Å². The molecule has 1 aromatic rings. The van der Waals surface area contributed by atoms with Crippen molar-refractivity contribution in [3.05, 3.63) is 35.9 Å². The van der Waals surface area contributed by atoms with Gasteiger partial charge in [0.05, 0.1) is 0 Å². The molecule has 0 saturated heterocycles. The van der Waals surface area contributed by atoms with E-state index in [9.17, 15) is 13.2 Å². The Bertz CT molecular complexity index is 346. The van der Waals surface area contributed by atoms with Crippen LogP contribution in [0.4, 0.5) is 13.2 Å². The molecule has 19 heavy (non-hydrogen) atoms. The predicted octanol–water partition coefficient (Wildman–Crippen LogP) is 4.71. The maximum absolute atomic E-state index is 12.1. The first-order chi connectivity index (χ1) is 8.88. The topological polar surface area (TPSA) is 12.0 Å². The quantitative estimate of drug-likeness (QED) is 0.710. The van der Waals surface area contributed by atoms with E-state index in [0.717, 1.165) is 12.0 Å². The molecule has 0 bridgehead atoms. The number of rotatable bonds is 7. The molecule has 1 nitrogen and oxygen atoms in total. The number of halogens is 3. The third kappa shape index (κ3) is 7.21. The van der Waals surface area contributed by atoms with Crippen molar-refractivity contribution in [1.29, 1.82) is 0 Å². The Morgan fingerprint density at radius 3 is 2.26 bits per heavy atom. The Balaban J connectivity index is 2.47. The van der Waals surface area contributed by atoms with Crippen LogP contribution in [0.1, 0.15) is 44.7 Å². The van der Waals surface area contributed by atoms with Crippen molar-refractivity contribution in [2.45, 2.75) is 45.3 Å². The fourth-order valence-corrected chi connectivity index (χ4v) is 2.06. The molecular weight excluding hydrogens is 251 g/mol. The van der Waals surface area contributed by atoms with E-state index < -0.39 is 12.6 Å². The highest BCUT2D eigenvalue weighted by atomic mass is 19.4. The van der Waals surface area contributed by atoms with E-state index in [1.54, 1.807) is 0 Å². The molecule has 4 heteroatoms. The third-order valence-electron chi connectivity index (χ3n) is 2.94. The molecule has 0 aliphatic carbocycles. The largest absolute Gasteiger partial charge is 0.389 e. The number of alkyl halides is 3. The van der Waals surface area contributed by atoms with Crippen LogP contribution in [-0.2, 0) is 0 Å². The van der Waals surface area contributed by atoms with Gasteiger partial charge in [0.25, 0.3) is 0 Å². The Labute approximate surface area is 113 Å². The van der Waals surface area contributed by atoms with Crippen LogP contribution < -0.4 is 5.32 Å². The average molecular weight is 273 g/mol. The first-order valence-electron chi connectivity index (χ1n) is 6.73. The molecule has 0 radical (unpaired) electrons. The first-order valence-corrected chi connectivity index (χ1v) is 6.73. The van der Waals surface area contributed by atoms with Gasteiger partial charge in [-0.25, -0.2) is 0 Å². The van der Waals surface area contributed by atoms with Gasteiger partial charge in [-0.1, -0.05) is 44.2 Å². The van der Waals surface area contributed by atoms with Gasteiger partial charge in [-0.3, -0.25) is 0 Å². The number of nitrogens with one attached hydrogen (secondary N) is 1. The van der Waals surface area contributed by atoms with Gasteiger partial charge in [-0.15, -0.1) is 0 Å². The number of hydrogen-bond acceptors (Lipinski definition) is 1. The summed E-state index contributed by atoms with van der Waals surface area (Å²) in [5.74, 6) is 0.500. The minimum atomic E-state index is -4.05. The molecule has 1 N–H and O–H groups in total. The third-order valence-corrected chi connectivity index (χ3v) is 2.94. The van der Waals surface area contributed by atoms with Crippen LogP contribution in [0.25, 0.3) is 0 Å². The highest BCUT2D eigenvalue weighted by Gasteiger charge is 2.26. The molecular formula is C15H22F3N. The normalized spacial score (nSPS) is 13.8. The number of hydrogen-bond donors (Lipinski definition) is 1. The zero-order chi connectivity index (χ0) is 14.3. The van der Waals surface area contributed by atoms with Crippen LogP contribution in [0.15, 0.2) is 30.3 Å². The predicted molar refractivity (Wildman–Crippen MR) is 71.9 cm³/mol. The second kappa shape index (κ2) is 7.53. The zero-order valence-corrected chi connectivity index (χ0v) is 11.5. The zero-order valence-electron chi connectivity index (χ0n) is 11.5. The van der Waals surface area contributed by atoms with Gasteiger partial charge in [-0.2, -0.15) is 13.2 Å². The molecule has 1 aromatic carbocycles. The van der Waals surface area contributed by atoms with Gasteiger partial charge in [-0.05, 0) is 30.9 Å². The van der Waals surface area contributed by atoms with Gasteiger partial charge in [0.15, 0.2) is 0 Å². The molecule has 108 valence electrons. The van der Waals surface area contributed by atoms with E-state index >= 15 is 0 Å². The standard InChI is InChI=1S/C15H22F3N/c1-12(2)11-14(13-7-4-3-5-8-13)19-10-6-9-15(16,17)18/h3-5,7-8,12,14,19H,6,9-11H2,1-2H3. The highest BCUT2D eigenvalue weighted by molar-refractivity contribution is 5.18. The molecule has 0 aromatic heterocycles. The summed E-state index contributed by atoms with van der Waals surface area (Å²) in [5.41, 5.74) is 1.14. The summed E-state index contributed by atoms with van der Waals surface area (Å²) >= 11 is 0. The Kier molecular flexibility index (Phi) is 6.35. The van der Waals surface area contributed by atoms with Gasteiger partial charge in [0, 0.05) is 12.5 Å². The average Bonchev–Trinajstić information content (AvgIpc) is 2.32. The van der Waals surface area contributed by atoms with Crippen LogP contribution in [0.2, 0.25) is 0 Å². The summed E-state index contributed by atoms with van der Waals surface area (Å²) in [6.07, 6.45) is -3.72. The van der Waals surface area contributed by atoms with E-state index in [1.807, 2.05) is 30.3 Å². The lowest BCUT2D eigenvalue weighted by Crippen LogP contribution is -2.25. The highest BCUT2D eigenvalue weighted by Crippen LogP contribution is 2.23. The lowest BCUT2D eigenvalue weighted by molar-refractivity contribution is -0.135. The summed E-state index contributed by atoms with van der Waals surface area (Å²) in [6, 6.07) is 10.0. The molecule has 0 aliphatic rings. The molecule has 0 saturated carbocycles. The monoisotopic (exact) mass is 273 g/mol. The first kappa shape index (κ1) is 16.0. The Morgan fingerprint density at radius 1 is 1.11 bits per heavy atom. The van der Waals surface area contributed by atoms with Crippen molar-refractivity contribution >= 4 is 0 Å². The van der Waals surface area contributed by atoms with E-state index in [4.69, 9.17) is 0 Å². The number of benzene rings is 1.